The van der Waals surface area contributed by atoms with Crippen LogP contribution in [-0.4, -0.2) is 26.6 Å². The second-order valence-corrected chi connectivity index (χ2v) is 4.38. The molecule has 5 nitrogen and oxygen atoms in total. The molecule has 5 heteroatoms. The molecule has 2 aromatic rings. The molecule has 0 spiro atoms. The Hall–Kier alpha value is -1.62. The summed E-state index contributed by atoms with van der Waals surface area (Å²) in [6.45, 7) is 4.92. The molecule has 0 aliphatic rings. The number of nitrogens with one attached hydrogen (secondary N) is 1. The normalized spacial score (nSPS) is 11.1. The average molecular weight is 233 g/mol. The van der Waals surface area contributed by atoms with Crippen molar-refractivity contribution in [1.29, 1.82) is 0 Å². The van der Waals surface area contributed by atoms with Gasteiger partial charge in [0.1, 0.15) is 5.69 Å². The van der Waals surface area contributed by atoms with Crippen LogP contribution in [0.4, 0.5) is 0 Å². The van der Waals surface area contributed by atoms with Gasteiger partial charge in [0.2, 0.25) is 0 Å². The van der Waals surface area contributed by atoms with Crippen LogP contribution < -0.4 is 5.32 Å². The van der Waals surface area contributed by atoms with Gasteiger partial charge in [0, 0.05) is 43.7 Å². The highest BCUT2D eigenvalue weighted by molar-refractivity contribution is 5.67. The van der Waals surface area contributed by atoms with Crippen molar-refractivity contribution in [1.82, 2.24) is 24.9 Å². The smallest absolute Gasteiger partial charge is 0.100 e. The Bertz CT molecular complexity index is 535. The molecule has 0 aliphatic heterocycles. The molecule has 1 N–H and O–H groups in total. The number of nitrogens with zero attached hydrogens (tertiary/aromatic N) is 4. The lowest BCUT2D eigenvalue weighted by Crippen LogP contribution is -2.05. The SMILES string of the molecule is CNCc1cn(C)nc1-c1c(C)nn(C)c1C. The quantitative estimate of drug-likeness (QED) is 0.865. The van der Waals surface area contributed by atoms with Crippen molar-refractivity contribution in [3.05, 3.63) is 23.1 Å². The molecule has 2 heterocycles. The monoisotopic (exact) mass is 233 g/mol. The molecule has 0 aliphatic carbocycles. The number of rotatable bonds is 3. The summed E-state index contributed by atoms with van der Waals surface area (Å²) in [4.78, 5) is 0. The van der Waals surface area contributed by atoms with Gasteiger partial charge in [-0.3, -0.25) is 9.36 Å². The maximum Gasteiger partial charge on any atom is 0.100 e. The summed E-state index contributed by atoms with van der Waals surface area (Å²) in [7, 11) is 5.86. The maximum atomic E-state index is 4.56. The van der Waals surface area contributed by atoms with Crippen LogP contribution in [0.5, 0.6) is 0 Å². The number of aromatic nitrogens is 4. The Labute approximate surface area is 101 Å². The molecule has 0 saturated heterocycles. The summed E-state index contributed by atoms with van der Waals surface area (Å²) >= 11 is 0. The topological polar surface area (TPSA) is 47.7 Å². The van der Waals surface area contributed by atoms with Crippen LogP contribution in [0.1, 0.15) is 17.0 Å². The Morgan fingerprint density at radius 2 is 1.94 bits per heavy atom. The predicted molar refractivity (Wildman–Crippen MR) is 67.6 cm³/mol. The summed E-state index contributed by atoms with van der Waals surface area (Å²) in [6, 6.07) is 0. The standard InChI is InChI=1S/C12H19N5/c1-8-11(9(2)17(5)14-8)12-10(6-13-3)7-16(4)15-12/h7,13H,6H2,1-5H3. The van der Waals surface area contributed by atoms with Gasteiger partial charge in [-0.2, -0.15) is 10.2 Å². The first-order chi connectivity index (χ1) is 8.04. The minimum Gasteiger partial charge on any atom is -0.316 e. The summed E-state index contributed by atoms with van der Waals surface area (Å²) in [6.07, 6.45) is 2.05. The van der Waals surface area contributed by atoms with E-state index in [9.17, 15) is 0 Å². The van der Waals surface area contributed by atoms with Gasteiger partial charge in [-0.25, -0.2) is 0 Å². The summed E-state index contributed by atoms with van der Waals surface area (Å²) < 4.78 is 3.76. The minimum absolute atomic E-state index is 0.816. The number of hydrogen-bond acceptors (Lipinski definition) is 3. The predicted octanol–water partition coefficient (Wildman–Crippen LogP) is 1.16. The molecule has 0 bridgehead atoms. The van der Waals surface area contributed by atoms with Crippen LogP contribution in [-0.2, 0) is 20.6 Å². The van der Waals surface area contributed by atoms with Gasteiger partial charge in [0.05, 0.1) is 5.69 Å². The highest BCUT2D eigenvalue weighted by Gasteiger charge is 2.17. The molecule has 2 aromatic heterocycles. The van der Waals surface area contributed by atoms with Gasteiger partial charge >= 0.3 is 0 Å². The average Bonchev–Trinajstić information content (AvgIpc) is 2.70. The van der Waals surface area contributed by atoms with Gasteiger partial charge in [0.25, 0.3) is 0 Å². The van der Waals surface area contributed by atoms with Crippen LogP contribution >= 0.6 is 0 Å². The molecule has 0 unspecified atom stereocenters. The van der Waals surface area contributed by atoms with Crippen molar-refractivity contribution < 1.29 is 0 Å². The lowest BCUT2D eigenvalue weighted by molar-refractivity contribution is 0.731. The van der Waals surface area contributed by atoms with E-state index in [4.69, 9.17) is 0 Å². The Kier molecular flexibility index (Phi) is 3.02. The first-order valence-corrected chi connectivity index (χ1v) is 5.72. The van der Waals surface area contributed by atoms with Gasteiger partial charge in [0.15, 0.2) is 0 Å². The highest BCUT2D eigenvalue weighted by Crippen LogP contribution is 2.27. The first kappa shape index (κ1) is 11.9. The third-order valence-corrected chi connectivity index (χ3v) is 3.02. The highest BCUT2D eigenvalue weighted by atomic mass is 15.3. The number of aryl methyl sites for hydroxylation is 3. The molecular weight excluding hydrogens is 214 g/mol. The van der Waals surface area contributed by atoms with Crippen molar-refractivity contribution >= 4 is 0 Å². The van der Waals surface area contributed by atoms with Crippen LogP contribution in [0.2, 0.25) is 0 Å². The van der Waals surface area contributed by atoms with Gasteiger partial charge < -0.3 is 5.32 Å². The fourth-order valence-corrected chi connectivity index (χ4v) is 2.18. The zero-order valence-corrected chi connectivity index (χ0v) is 11.1. The summed E-state index contributed by atoms with van der Waals surface area (Å²) in [5, 5.41) is 12.2. The van der Waals surface area contributed by atoms with Crippen LogP contribution in [0.3, 0.4) is 0 Å². The van der Waals surface area contributed by atoms with E-state index in [0.717, 1.165) is 29.2 Å². The fourth-order valence-electron chi connectivity index (χ4n) is 2.18. The van der Waals surface area contributed by atoms with E-state index in [-0.39, 0.29) is 0 Å². The second-order valence-electron chi connectivity index (χ2n) is 4.38. The zero-order chi connectivity index (χ0) is 12.6. The molecule has 0 saturated carbocycles. The van der Waals surface area contributed by atoms with E-state index in [1.807, 2.05) is 37.4 Å². The molecule has 2 rings (SSSR count). The van der Waals surface area contributed by atoms with Gasteiger partial charge in [-0.1, -0.05) is 0 Å². The Balaban J connectivity index is 2.59. The van der Waals surface area contributed by atoms with Crippen molar-refractivity contribution in [2.75, 3.05) is 7.05 Å². The molecule has 0 fully saturated rings. The van der Waals surface area contributed by atoms with Crippen LogP contribution in [0, 0.1) is 13.8 Å². The van der Waals surface area contributed by atoms with E-state index in [2.05, 4.69) is 28.6 Å². The molecule has 92 valence electrons. The summed E-state index contributed by atoms with van der Waals surface area (Å²) in [5.41, 5.74) is 5.57. The molecule has 0 amide bonds. The van der Waals surface area contributed by atoms with E-state index in [1.165, 1.54) is 5.56 Å². The molecule has 0 radical (unpaired) electrons. The first-order valence-electron chi connectivity index (χ1n) is 5.72. The van der Waals surface area contributed by atoms with Gasteiger partial charge in [-0.15, -0.1) is 0 Å². The molecule has 0 aromatic carbocycles. The van der Waals surface area contributed by atoms with Crippen molar-refractivity contribution in [2.24, 2.45) is 14.1 Å². The van der Waals surface area contributed by atoms with Crippen molar-refractivity contribution in [2.45, 2.75) is 20.4 Å². The summed E-state index contributed by atoms with van der Waals surface area (Å²) in [5.74, 6) is 0. The Morgan fingerprint density at radius 1 is 1.24 bits per heavy atom. The van der Waals surface area contributed by atoms with Crippen molar-refractivity contribution in [3.8, 4) is 11.3 Å². The van der Waals surface area contributed by atoms with Crippen LogP contribution in [0.25, 0.3) is 11.3 Å². The van der Waals surface area contributed by atoms with E-state index >= 15 is 0 Å². The van der Waals surface area contributed by atoms with Gasteiger partial charge in [-0.05, 0) is 20.9 Å². The van der Waals surface area contributed by atoms with Crippen LogP contribution in [0.15, 0.2) is 6.20 Å². The largest absolute Gasteiger partial charge is 0.316 e. The minimum atomic E-state index is 0.816. The maximum absolute atomic E-state index is 4.56. The van der Waals surface area contributed by atoms with E-state index in [1.54, 1.807) is 0 Å². The second kappa shape index (κ2) is 4.33. The Morgan fingerprint density at radius 3 is 2.47 bits per heavy atom. The fraction of sp³-hybridized carbons (Fsp3) is 0.500. The van der Waals surface area contributed by atoms with E-state index in [0.29, 0.717) is 0 Å². The third-order valence-electron chi connectivity index (χ3n) is 3.02. The molecule has 17 heavy (non-hydrogen) atoms. The van der Waals surface area contributed by atoms with Crippen molar-refractivity contribution in [3.63, 3.8) is 0 Å². The van der Waals surface area contributed by atoms with E-state index < -0.39 is 0 Å². The number of hydrogen-bond donors (Lipinski definition) is 1. The lowest BCUT2D eigenvalue weighted by Gasteiger charge is -2.02. The third kappa shape index (κ3) is 1.98. The molecule has 0 atom stereocenters. The molecular formula is C12H19N5. The lowest BCUT2D eigenvalue weighted by atomic mass is 10.1. The zero-order valence-electron chi connectivity index (χ0n) is 11.1.